The van der Waals surface area contributed by atoms with E-state index in [1.807, 2.05) is 0 Å². The van der Waals surface area contributed by atoms with Crippen molar-refractivity contribution in [3.8, 4) is 27.9 Å². The summed E-state index contributed by atoms with van der Waals surface area (Å²) in [5, 5.41) is 6.38. The number of rotatable bonds is 7. The maximum Gasteiger partial charge on any atom is 0.0541 e. The highest BCUT2D eigenvalue weighted by molar-refractivity contribution is 6.09. The van der Waals surface area contributed by atoms with Gasteiger partial charge in [0.1, 0.15) is 0 Å². The summed E-state index contributed by atoms with van der Waals surface area (Å²) in [5.41, 5.74) is 16.0. The fourth-order valence-electron chi connectivity index (χ4n) is 7.57. The van der Waals surface area contributed by atoms with Crippen LogP contribution in [0.4, 0.5) is 5.69 Å². The molecule has 1 N–H and O–H groups in total. The second kappa shape index (κ2) is 13.1. The number of fused-ring (bicyclic) bond motifs is 3. The Kier molecular flexibility index (Phi) is 7.83. The summed E-state index contributed by atoms with van der Waals surface area (Å²) >= 11 is 0. The van der Waals surface area contributed by atoms with Crippen molar-refractivity contribution in [2.45, 2.75) is 25.7 Å². The van der Waals surface area contributed by atoms with Crippen LogP contribution in [0.15, 0.2) is 182 Å². The zero-order chi connectivity index (χ0) is 33.3. The van der Waals surface area contributed by atoms with E-state index in [0.29, 0.717) is 0 Å². The predicted molar refractivity (Wildman–Crippen MR) is 213 cm³/mol. The molecular formula is C48H38N2. The zero-order valence-electron chi connectivity index (χ0n) is 28.0. The molecule has 0 saturated carbocycles. The quantitative estimate of drug-likeness (QED) is 0.183. The van der Waals surface area contributed by atoms with E-state index in [0.717, 1.165) is 31.4 Å². The van der Waals surface area contributed by atoms with Crippen LogP contribution in [0.5, 0.6) is 0 Å². The number of anilines is 1. The van der Waals surface area contributed by atoms with Crippen molar-refractivity contribution < 1.29 is 0 Å². The summed E-state index contributed by atoms with van der Waals surface area (Å²) in [6.07, 6.45) is 15.8. The minimum absolute atomic E-state index is 0.992. The number of aromatic nitrogens is 1. The summed E-state index contributed by atoms with van der Waals surface area (Å²) in [4.78, 5) is 0. The smallest absolute Gasteiger partial charge is 0.0541 e. The number of benzene rings is 6. The van der Waals surface area contributed by atoms with Crippen LogP contribution < -0.4 is 5.32 Å². The third-order valence-electron chi connectivity index (χ3n) is 10.1. The Morgan fingerprint density at radius 2 is 1.12 bits per heavy atom. The van der Waals surface area contributed by atoms with Crippen LogP contribution in [-0.4, -0.2) is 4.57 Å². The van der Waals surface area contributed by atoms with Gasteiger partial charge in [0.15, 0.2) is 0 Å². The first-order valence-electron chi connectivity index (χ1n) is 17.7. The molecule has 2 heteroatoms. The molecular weight excluding hydrogens is 605 g/mol. The van der Waals surface area contributed by atoms with E-state index in [1.165, 1.54) is 77.7 Å². The summed E-state index contributed by atoms with van der Waals surface area (Å²) in [6.45, 7) is 0. The third-order valence-corrected chi connectivity index (χ3v) is 10.1. The fraction of sp³-hybridized carbons (Fsp3) is 0.0833. The third kappa shape index (κ3) is 5.69. The molecule has 6 aromatic carbocycles. The van der Waals surface area contributed by atoms with Gasteiger partial charge in [-0.15, -0.1) is 0 Å². The van der Waals surface area contributed by atoms with Gasteiger partial charge in [-0.2, -0.15) is 0 Å². The van der Waals surface area contributed by atoms with Gasteiger partial charge in [0.05, 0.1) is 11.0 Å². The number of nitrogens with one attached hydrogen (secondary N) is 1. The Bertz CT molecular complexity index is 2430. The lowest BCUT2D eigenvalue weighted by Crippen LogP contribution is -2.04. The maximum atomic E-state index is 3.82. The Hall–Kier alpha value is -6.12. The van der Waals surface area contributed by atoms with E-state index in [1.54, 1.807) is 0 Å². The molecule has 2 nitrogen and oxygen atoms in total. The molecule has 0 saturated heterocycles. The Morgan fingerprint density at radius 3 is 1.86 bits per heavy atom. The standard InChI is InChI=1S/C48H38N2/c1-2-12-34(13-3-1)35-24-26-36(27-25-35)39-15-11-17-41(33-39)49-46-21-7-4-18-43(46)40-16-10-14-38(32-40)37-28-30-42(31-29-37)50-47-22-8-5-19-44(47)45-20-6-9-23-48(45)50/h2,4-10,12-16,18-33,49H,1,3,11,17H2. The molecule has 0 amide bonds. The van der Waals surface area contributed by atoms with Gasteiger partial charge in [-0.05, 0) is 107 Å². The zero-order valence-corrected chi connectivity index (χ0v) is 28.0. The SMILES string of the molecule is C1=CC(c2ccc(C3=CCCC(Nc4ccccc4-c4cccc(-c5ccc(-n6c7ccccc7c7ccccc76)cc5)c4)=C3)cc2)=CCC1. The molecule has 1 aromatic heterocycles. The summed E-state index contributed by atoms with van der Waals surface area (Å²) in [6, 6.07) is 53.0. The summed E-state index contributed by atoms with van der Waals surface area (Å²) in [7, 11) is 0. The molecule has 9 rings (SSSR count). The predicted octanol–water partition coefficient (Wildman–Crippen LogP) is 13.0. The largest absolute Gasteiger partial charge is 0.358 e. The maximum absolute atomic E-state index is 3.82. The molecule has 0 radical (unpaired) electrons. The van der Waals surface area contributed by atoms with E-state index in [-0.39, 0.29) is 0 Å². The van der Waals surface area contributed by atoms with Gasteiger partial charge in [0.25, 0.3) is 0 Å². The second-order valence-corrected chi connectivity index (χ2v) is 13.3. The highest BCUT2D eigenvalue weighted by Crippen LogP contribution is 2.36. The van der Waals surface area contributed by atoms with Crippen molar-refractivity contribution in [3.05, 3.63) is 193 Å². The van der Waals surface area contributed by atoms with Gasteiger partial charge in [0.2, 0.25) is 0 Å². The van der Waals surface area contributed by atoms with Gasteiger partial charge in [-0.25, -0.2) is 0 Å². The van der Waals surface area contributed by atoms with Crippen molar-refractivity contribution >= 4 is 38.6 Å². The summed E-state index contributed by atoms with van der Waals surface area (Å²) < 4.78 is 2.37. The van der Waals surface area contributed by atoms with E-state index >= 15 is 0 Å². The van der Waals surface area contributed by atoms with Crippen molar-refractivity contribution in [3.63, 3.8) is 0 Å². The normalized spacial score (nSPS) is 14.4. The van der Waals surface area contributed by atoms with Gasteiger partial charge in [-0.3, -0.25) is 0 Å². The van der Waals surface area contributed by atoms with Gasteiger partial charge >= 0.3 is 0 Å². The average molecular weight is 643 g/mol. The highest BCUT2D eigenvalue weighted by Gasteiger charge is 2.14. The first kappa shape index (κ1) is 30.0. The van der Waals surface area contributed by atoms with Crippen molar-refractivity contribution in [1.29, 1.82) is 0 Å². The van der Waals surface area contributed by atoms with Crippen molar-refractivity contribution in [2.24, 2.45) is 0 Å². The number of hydrogen-bond acceptors (Lipinski definition) is 1. The second-order valence-electron chi connectivity index (χ2n) is 13.3. The number of para-hydroxylation sites is 3. The summed E-state index contributed by atoms with van der Waals surface area (Å²) in [5.74, 6) is 0. The van der Waals surface area contributed by atoms with Crippen LogP contribution in [-0.2, 0) is 0 Å². The molecule has 1 heterocycles. The Balaban J connectivity index is 0.976. The van der Waals surface area contributed by atoms with Gasteiger partial charge in [0, 0.05) is 33.4 Å². The highest BCUT2D eigenvalue weighted by atomic mass is 15.0. The van der Waals surface area contributed by atoms with E-state index < -0.39 is 0 Å². The molecule has 0 fully saturated rings. The van der Waals surface area contributed by atoms with Crippen LogP contribution in [0.25, 0.3) is 60.9 Å². The molecule has 0 atom stereocenters. The average Bonchev–Trinajstić information content (AvgIpc) is 3.53. The van der Waals surface area contributed by atoms with E-state index in [2.05, 4.69) is 186 Å². The lowest BCUT2D eigenvalue weighted by atomic mass is 9.94. The van der Waals surface area contributed by atoms with Gasteiger partial charge in [-0.1, -0.05) is 133 Å². The van der Waals surface area contributed by atoms with Crippen LogP contribution in [0.1, 0.15) is 36.8 Å². The molecule has 0 spiro atoms. The molecule has 240 valence electrons. The first-order valence-corrected chi connectivity index (χ1v) is 17.7. The van der Waals surface area contributed by atoms with Crippen molar-refractivity contribution in [2.75, 3.05) is 5.32 Å². The first-order chi connectivity index (χ1) is 24.8. The molecule has 0 bridgehead atoms. The van der Waals surface area contributed by atoms with E-state index in [4.69, 9.17) is 0 Å². The molecule has 0 unspecified atom stereocenters. The molecule has 50 heavy (non-hydrogen) atoms. The topological polar surface area (TPSA) is 17.0 Å². The molecule has 2 aliphatic carbocycles. The minimum Gasteiger partial charge on any atom is -0.358 e. The lowest BCUT2D eigenvalue weighted by molar-refractivity contribution is 0.971. The Morgan fingerprint density at radius 1 is 0.480 bits per heavy atom. The van der Waals surface area contributed by atoms with Crippen molar-refractivity contribution in [1.82, 2.24) is 4.57 Å². The molecule has 0 aliphatic heterocycles. The fourth-order valence-corrected chi connectivity index (χ4v) is 7.57. The monoisotopic (exact) mass is 642 g/mol. The number of hydrogen-bond donors (Lipinski definition) is 1. The van der Waals surface area contributed by atoms with Crippen LogP contribution in [0.3, 0.4) is 0 Å². The van der Waals surface area contributed by atoms with E-state index in [9.17, 15) is 0 Å². The Labute approximate surface area is 294 Å². The molecule has 2 aliphatic rings. The number of allylic oxidation sites excluding steroid dienone is 8. The lowest BCUT2D eigenvalue weighted by Gasteiger charge is -2.19. The molecule has 7 aromatic rings. The van der Waals surface area contributed by atoms with Gasteiger partial charge < -0.3 is 9.88 Å². The van der Waals surface area contributed by atoms with Crippen LogP contribution in [0, 0.1) is 0 Å². The minimum atomic E-state index is 0.992. The van der Waals surface area contributed by atoms with Crippen LogP contribution in [0.2, 0.25) is 0 Å². The van der Waals surface area contributed by atoms with Crippen LogP contribution >= 0.6 is 0 Å². The number of nitrogens with zero attached hydrogens (tertiary/aromatic N) is 1.